The predicted molar refractivity (Wildman–Crippen MR) is 72.7 cm³/mol. The molecule has 4 nitrogen and oxygen atoms in total. The Morgan fingerprint density at radius 2 is 2.05 bits per heavy atom. The van der Waals surface area contributed by atoms with E-state index in [0.717, 1.165) is 25.7 Å². The maximum atomic E-state index is 12.7. The average Bonchev–Trinajstić information content (AvgIpc) is 2.83. The molecule has 2 fully saturated rings. The molecular weight excluding hydrogens is 254 g/mol. The lowest BCUT2D eigenvalue weighted by molar-refractivity contribution is -0.0149. The summed E-state index contributed by atoms with van der Waals surface area (Å²) in [6.07, 6.45) is 4.10. The molecule has 0 saturated carbocycles. The molecule has 1 aromatic carbocycles. The highest BCUT2D eigenvalue weighted by Crippen LogP contribution is 2.38. The van der Waals surface area contributed by atoms with E-state index in [9.17, 15) is 10.1 Å². The minimum absolute atomic E-state index is 0.0274. The molecule has 2 unspecified atom stereocenters. The second-order valence-corrected chi connectivity index (χ2v) is 5.48. The highest BCUT2D eigenvalue weighted by Gasteiger charge is 2.38. The number of rotatable bonds is 3. The molecule has 2 aliphatic rings. The first kappa shape index (κ1) is 13.1. The maximum absolute atomic E-state index is 12.7. The van der Waals surface area contributed by atoms with E-state index in [-0.39, 0.29) is 23.9 Å². The van der Waals surface area contributed by atoms with Crippen molar-refractivity contribution in [3.8, 4) is 11.8 Å². The molecule has 4 heteroatoms. The van der Waals surface area contributed by atoms with Gasteiger partial charge in [0.1, 0.15) is 17.4 Å². The van der Waals surface area contributed by atoms with Crippen LogP contribution in [0.4, 0.5) is 0 Å². The minimum atomic E-state index is -0.0274. The van der Waals surface area contributed by atoms with Crippen LogP contribution in [0.2, 0.25) is 0 Å². The first-order valence-electron chi connectivity index (χ1n) is 6.99. The summed E-state index contributed by atoms with van der Waals surface area (Å²) in [6, 6.07) is 7.30. The second kappa shape index (κ2) is 5.26. The number of Topliss-reactive ketones (excluding diaryl/α,β-unsaturated/α-hetero) is 1. The molecule has 2 saturated heterocycles. The first-order chi connectivity index (χ1) is 9.72. The number of nitriles is 1. The van der Waals surface area contributed by atoms with Crippen molar-refractivity contribution in [1.29, 1.82) is 5.26 Å². The zero-order valence-electron chi connectivity index (χ0n) is 11.5. The fraction of sp³-hybridized carbons (Fsp3) is 0.500. The van der Waals surface area contributed by atoms with Gasteiger partial charge in [-0.15, -0.1) is 0 Å². The van der Waals surface area contributed by atoms with Crippen molar-refractivity contribution >= 4 is 5.78 Å². The summed E-state index contributed by atoms with van der Waals surface area (Å²) in [5, 5.41) is 9.29. The summed E-state index contributed by atoms with van der Waals surface area (Å²) in [4.78, 5) is 12.7. The topological polar surface area (TPSA) is 59.3 Å². The predicted octanol–water partition coefficient (Wildman–Crippen LogP) is 2.71. The third-order valence-electron chi connectivity index (χ3n) is 4.28. The zero-order valence-corrected chi connectivity index (χ0v) is 11.5. The molecule has 20 heavy (non-hydrogen) atoms. The quantitative estimate of drug-likeness (QED) is 0.793. The molecule has 0 aromatic heterocycles. The number of ketones is 1. The Hall–Kier alpha value is -1.86. The molecule has 1 aromatic rings. The van der Waals surface area contributed by atoms with Gasteiger partial charge in [0.25, 0.3) is 0 Å². The van der Waals surface area contributed by atoms with Gasteiger partial charge < -0.3 is 9.47 Å². The van der Waals surface area contributed by atoms with E-state index in [4.69, 9.17) is 9.47 Å². The summed E-state index contributed by atoms with van der Waals surface area (Å²) >= 11 is 0. The number of ether oxygens (including phenoxy) is 2. The summed E-state index contributed by atoms with van der Waals surface area (Å²) in [7, 11) is 1.51. The van der Waals surface area contributed by atoms with Crippen LogP contribution in [0.5, 0.6) is 5.75 Å². The Labute approximate surface area is 118 Å². The molecule has 3 rings (SSSR count). The second-order valence-electron chi connectivity index (χ2n) is 5.48. The molecule has 0 amide bonds. The van der Waals surface area contributed by atoms with Crippen molar-refractivity contribution in [2.75, 3.05) is 7.11 Å². The van der Waals surface area contributed by atoms with E-state index >= 15 is 0 Å². The van der Waals surface area contributed by atoms with E-state index in [0.29, 0.717) is 16.9 Å². The van der Waals surface area contributed by atoms with E-state index in [1.54, 1.807) is 18.2 Å². The molecule has 2 atom stereocenters. The number of carbonyl (C=O) groups excluding carboxylic acids is 1. The number of fused-ring (bicyclic) bond motifs is 2. The van der Waals surface area contributed by atoms with Crippen molar-refractivity contribution in [2.24, 2.45) is 5.92 Å². The Morgan fingerprint density at radius 1 is 1.35 bits per heavy atom. The minimum Gasteiger partial charge on any atom is -0.495 e. The number of nitrogens with zero attached hydrogens (tertiary/aromatic N) is 1. The Balaban J connectivity index is 1.89. The van der Waals surface area contributed by atoms with Crippen LogP contribution in [-0.4, -0.2) is 25.1 Å². The molecular formula is C16H17NO3. The van der Waals surface area contributed by atoms with Crippen LogP contribution in [0.1, 0.15) is 41.6 Å². The van der Waals surface area contributed by atoms with Gasteiger partial charge >= 0.3 is 0 Å². The molecule has 2 bridgehead atoms. The van der Waals surface area contributed by atoms with E-state index in [2.05, 4.69) is 6.07 Å². The van der Waals surface area contributed by atoms with Crippen LogP contribution in [0, 0.1) is 17.2 Å². The number of carbonyl (C=O) groups is 1. The number of hydrogen-bond acceptors (Lipinski definition) is 4. The monoisotopic (exact) mass is 271 g/mol. The molecule has 0 N–H and O–H groups in total. The van der Waals surface area contributed by atoms with Gasteiger partial charge in [-0.3, -0.25) is 4.79 Å². The summed E-state index contributed by atoms with van der Waals surface area (Å²) in [5.74, 6) is 0.495. The number of hydrogen-bond donors (Lipinski definition) is 0. The van der Waals surface area contributed by atoms with Gasteiger partial charge in [-0.2, -0.15) is 5.26 Å². The third kappa shape index (κ3) is 2.19. The molecule has 0 radical (unpaired) electrons. The highest BCUT2D eigenvalue weighted by atomic mass is 16.5. The van der Waals surface area contributed by atoms with Gasteiger partial charge in [0.2, 0.25) is 0 Å². The average molecular weight is 271 g/mol. The van der Waals surface area contributed by atoms with Gasteiger partial charge in [0, 0.05) is 11.5 Å². The van der Waals surface area contributed by atoms with Crippen LogP contribution in [0.15, 0.2) is 18.2 Å². The summed E-state index contributed by atoms with van der Waals surface area (Å²) in [6.45, 7) is 0. The zero-order chi connectivity index (χ0) is 14.1. The molecule has 0 aliphatic carbocycles. The number of methoxy groups -OCH3 is 1. The lowest BCUT2D eigenvalue weighted by Gasteiger charge is -2.27. The van der Waals surface area contributed by atoms with E-state index in [1.807, 2.05) is 0 Å². The fourth-order valence-electron chi connectivity index (χ4n) is 3.31. The number of benzene rings is 1. The van der Waals surface area contributed by atoms with Gasteiger partial charge in [0.15, 0.2) is 5.78 Å². The Kier molecular flexibility index (Phi) is 3.45. The molecule has 2 heterocycles. The van der Waals surface area contributed by atoms with E-state index < -0.39 is 0 Å². The van der Waals surface area contributed by atoms with Crippen LogP contribution in [-0.2, 0) is 4.74 Å². The van der Waals surface area contributed by atoms with Gasteiger partial charge in [-0.05, 0) is 37.8 Å². The lowest BCUT2D eigenvalue weighted by Crippen LogP contribution is -2.30. The largest absolute Gasteiger partial charge is 0.495 e. The van der Waals surface area contributed by atoms with Gasteiger partial charge in [-0.25, -0.2) is 0 Å². The normalized spacial score (nSPS) is 27.9. The smallest absolute Gasteiger partial charge is 0.167 e. The third-order valence-corrected chi connectivity index (χ3v) is 4.28. The summed E-state index contributed by atoms with van der Waals surface area (Å²) < 4.78 is 10.9. The standard InChI is InChI=1S/C16H17NO3/c1-19-15-4-2-3-13(14(15)9-17)16(18)10-7-11-5-6-12(8-10)20-11/h2-4,10-12H,5-8H2,1H3. The van der Waals surface area contributed by atoms with Crippen LogP contribution in [0.3, 0.4) is 0 Å². The van der Waals surface area contributed by atoms with Gasteiger partial charge in [0.05, 0.1) is 19.3 Å². The Bertz CT molecular complexity index is 564. The van der Waals surface area contributed by atoms with Gasteiger partial charge in [-0.1, -0.05) is 6.07 Å². The summed E-state index contributed by atoms with van der Waals surface area (Å²) in [5.41, 5.74) is 0.831. The van der Waals surface area contributed by atoms with Crippen molar-refractivity contribution in [1.82, 2.24) is 0 Å². The van der Waals surface area contributed by atoms with Crippen molar-refractivity contribution in [2.45, 2.75) is 37.9 Å². The van der Waals surface area contributed by atoms with E-state index in [1.165, 1.54) is 7.11 Å². The van der Waals surface area contributed by atoms with Crippen LogP contribution >= 0.6 is 0 Å². The molecule has 0 spiro atoms. The Morgan fingerprint density at radius 3 is 2.65 bits per heavy atom. The lowest BCUT2D eigenvalue weighted by atomic mass is 9.86. The first-order valence-corrected chi connectivity index (χ1v) is 6.99. The maximum Gasteiger partial charge on any atom is 0.167 e. The van der Waals surface area contributed by atoms with Crippen LogP contribution < -0.4 is 4.74 Å². The van der Waals surface area contributed by atoms with Crippen molar-refractivity contribution < 1.29 is 14.3 Å². The molecule has 104 valence electrons. The highest BCUT2D eigenvalue weighted by molar-refractivity contribution is 6.00. The molecule has 2 aliphatic heterocycles. The van der Waals surface area contributed by atoms with Crippen molar-refractivity contribution in [3.05, 3.63) is 29.3 Å². The SMILES string of the molecule is COc1cccc(C(=O)C2CC3CCC(C2)O3)c1C#N. The fourth-order valence-corrected chi connectivity index (χ4v) is 3.31. The van der Waals surface area contributed by atoms with Crippen LogP contribution in [0.25, 0.3) is 0 Å². The van der Waals surface area contributed by atoms with Crippen molar-refractivity contribution in [3.63, 3.8) is 0 Å².